The number of hydrogen-bond acceptors (Lipinski definition) is 3. The summed E-state index contributed by atoms with van der Waals surface area (Å²) in [6.07, 6.45) is -0.780. The van der Waals surface area contributed by atoms with Crippen LogP contribution in [0.25, 0.3) is 6.08 Å². The smallest absolute Gasteiger partial charge is 0.344 e. The van der Waals surface area contributed by atoms with Crippen molar-refractivity contribution in [2.45, 2.75) is 32.3 Å². The molecule has 0 radical (unpaired) electrons. The quantitative estimate of drug-likeness (QED) is 0.832. The Morgan fingerprint density at radius 3 is 2.52 bits per heavy atom. The number of aliphatic carboxylic acids is 1. The third kappa shape index (κ3) is 4.22. The summed E-state index contributed by atoms with van der Waals surface area (Å²) >= 11 is 0. The average Bonchev–Trinajstić information content (AvgIpc) is 2.38. The SMILES string of the molecule is C=Cc1cc(C(F)(F)CC)c(O[C@@H](C)C(=O)O)cc1F.N. The van der Waals surface area contributed by atoms with Crippen molar-refractivity contribution in [1.82, 2.24) is 6.15 Å². The Morgan fingerprint density at radius 1 is 1.52 bits per heavy atom. The molecule has 7 heteroatoms. The molecule has 0 aliphatic rings. The van der Waals surface area contributed by atoms with Crippen LogP contribution in [0.4, 0.5) is 13.2 Å². The van der Waals surface area contributed by atoms with E-state index in [1.807, 2.05) is 0 Å². The minimum Gasteiger partial charge on any atom is -0.479 e. The van der Waals surface area contributed by atoms with Gasteiger partial charge in [-0.2, -0.15) is 0 Å². The summed E-state index contributed by atoms with van der Waals surface area (Å²) in [5.74, 6) is -5.86. The van der Waals surface area contributed by atoms with E-state index in [0.717, 1.165) is 18.2 Å². The average molecular weight is 305 g/mol. The first kappa shape index (κ1) is 19.0. The molecule has 0 spiro atoms. The van der Waals surface area contributed by atoms with Crippen molar-refractivity contribution in [2.75, 3.05) is 0 Å². The maximum atomic E-state index is 13.9. The minimum absolute atomic E-state index is 0. The second-order valence-electron chi connectivity index (χ2n) is 4.23. The second-order valence-corrected chi connectivity index (χ2v) is 4.23. The van der Waals surface area contributed by atoms with Gasteiger partial charge in [0, 0.05) is 18.1 Å². The highest BCUT2D eigenvalue weighted by Gasteiger charge is 2.34. The molecule has 0 unspecified atom stereocenters. The summed E-state index contributed by atoms with van der Waals surface area (Å²) in [5, 5.41) is 8.74. The lowest BCUT2D eigenvalue weighted by Gasteiger charge is -2.21. The largest absolute Gasteiger partial charge is 0.479 e. The highest BCUT2D eigenvalue weighted by atomic mass is 19.3. The van der Waals surface area contributed by atoms with Crippen molar-refractivity contribution >= 4 is 12.0 Å². The molecular weight excluding hydrogens is 287 g/mol. The molecule has 1 aromatic rings. The van der Waals surface area contributed by atoms with E-state index in [0.29, 0.717) is 0 Å². The molecule has 1 aromatic carbocycles. The first-order valence-electron chi connectivity index (χ1n) is 5.96. The number of carbonyl (C=O) groups is 1. The molecule has 0 amide bonds. The van der Waals surface area contributed by atoms with E-state index in [1.165, 1.54) is 13.8 Å². The second kappa shape index (κ2) is 7.12. The molecule has 0 aromatic heterocycles. The normalized spacial score (nSPS) is 12.2. The molecule has 118 valence electrons. The van der Waals surface area contributed by atoms with Gasteiger partial charge < -0.3 is 16.0 Å². The monoisotopic (exact) mass is 305 g/mol. The van der Waals surface area contributed by atoms with Crippen molar-refractivity contribution in [1.29, 1.82) is 0 Å². The van der Waals surface area contributed by atoms with Gasteiger partial charge in [-0.1, -0.05) is 19.6 Å². The van der Waals surface area contributed by atoms with Gasteiger partial charge in [-0.25, -0.2) is 18.0 Å². The summed E-state index contributed by atoms with van der Waals surface area (Å²) in [7, 11) is 0. The van der Waals surface area contributed by atoms with Gasteiger partial charge in [-0.15, -0.1) is 0 Å². The van der Waals surface area contributed by atoms with Gasteiger partial charge in [0.2, 0.25) is 0 Å². The van der Waals surface area contributed by atoms with Gasteiger partial charge in [0.15, 0.2) is 6.10 Å². The van der Waals surface area contributed by atoms with Gasteiger partial charge in [0.25, 0.3) is 5.92 Å². The summed E-state index contributed by atoms with van der Waals surface area (Å²) in [6.45, 7) is 5.78. The van der Waals surface area contributed by atoms with Crippen molar-refractivity contribution in [2.24, 2.45) is 0 Å². The Balaban J connectivity index is 0.00000400. The zero-order chi connectivity index (χ0) is 15.5. The van der Waals surface area contributed by atoms with E-state index in [-0.39, 0.29) is 11.7 Å². The first-order chi connectivity index (χ1) is 9.22. The molecule has 4 nitrogen and oxygen atoms in total. The number of halogens is 3. The zero-order valence-corrected chi connectivity index (χ0v) is 11.8. The fraction of sp³-hybridized carbons (Fsp3) is 0.357. The molecule has 0 heterocycles. The summed E-state index contributed by atoms with van der Waals surface area (Å²) < 4.78 is 46.3. The van der Waals surface area contributed by atoms with Gasteiger partial charge in [0.05, 0.1) is 5.56 Å². The first-order valence-corrected chi connectivity index (χ1v) is 5.96. The Labute approximate surface area is 120 Å². The molecule has 0 aliphatic carbocycles. The molecule has 0 aliphatic heterocycles. The number of carboxylic acid groups (broad SMARTS) is 1. The zero-order valence-electron chi connectivity index (χ0n) is 11.8. The molecular formula is C14H18F3NO3. The van der Waals surface area contributed by atoms with E-state index < -0.39 is 41.5 Å². The van der Waals surface area contributed by atoms with Crippen LogP contribution in [0, 0.1) is 5.82 Å². The number of ether oxygens (including phenoxy) is 1. The third-order valence-electron chi connectivity index (χ3n) is 2.81. The molecule has 0 bridgehead atoms. The van der Waals surface area contributed by atoms with Gasteiger partial charge in [0.1, 0.15) is 11.6 Å². The Morgan fingerprint density at radius 2 is 2.10 bits per heavy atom. The van der Waals surface area contributed by atoms with Crippen LogP contribution in [0.1, 0.15) is 31.4 Å². The molecule has 21 heavy (non-hydrogen) atoms. The minimum atomic E-state index is -3.25. The number of rotatable bonds is 6. The van der Waals surface area contributed by atoms with Crippen molar-refractivity contribution in [3.63, 3.8) is 0 Å². The summed E-state index contributed by atoms with van der Waals surface area (Å²) in [6, 6.07) is 1.69. The Kier molecular flexibility index (Phi) is 6.44. The van der Waals surface area contributed by atoms with E-state index in [2.05, 4.69) is 6.58 Å². The third-order valence-corrected chi connectivity index (χ3v) is 2.81. The molecule has 0 saturated carbocycles. The topological polar surface area (TPSA) is 81.5 Å². The number of carboxylic acids is 1. The summed E-state index contributed by atoms with van der Waals surface area (Å²) in [4.78, 5) is 10.7. The maximum absolute atomic E-state index is 13.9. The van der Waals surface area contributed by atoms with E-state index in [1.54, 1.807) is 0 Å². The Hall–Kier alpha value is -2.02. The van der Waals surface area contributed by atoms with Crippen LogP contribution in [0.3, 0.4) is 0 Å². The predicted molar refractivity (Wildman–Crippen MR) is 73.4 cm³/mol. The van der Waals surface area contributed by atoms with E-state index >= 15 is 0 Å². The lowest BCUT2D eigenvalue weighted by Crippen LogP contribution is -2.25. The molecule has 0 fully saturated rings. The highest BCUT2D eigenvalue weighted by Crippen LogP contribution is 2.39. The van der Waals surface area contributed by atoms with Crippen molar-refractivity contribution < 1.29 is 27.8 Å². The van der Waals surface area contributed by atoms with E-state index in [9.17, 15) is 18.0 Å². The van der Waals surface area contributed by atoms with Crippen LogP contribution < -0.4 is 10.9 Å². The number of benzene rings is 1. The van der Waals surface area contributed by atoms with Gasteiger partial charge in [-0.3, -0.25) is 0 Å². The van der Waals surface area contributed by atoms with Gasteiger partial charge in [-0.05, 0) is 13.0 Å². The van der Waals surface area contributed by atoms with Crippen molar-refractivity contribution in [3.05, 3.63) is 35.7 Å². The van der Waals surface area contributed by atoms with Crippen LogP contribution in [0.2, 0.25) is 0 Å². The van der Waals surface area contributed by atoms with Crippen LogP contribution >= 0.6 is 0 Å². The predicted octanol–water partition coefficient (Wildman–Crippen LogP) is 3.98. The Bertz CT molecular complexity index is 532. The lowest BCUT2D eigenvalue weighted by molar-refractivity contribution is -0.144. The fourth-order valence-corrected chi connectivity index (χ4v) is 1.54. The number of alkyl halides is 2. The maximum Gasteiger partial charge on any atom is 0.344 e. The van der Waals surface area contributed by atoms with Crippen LogP contribution in [-0.2, 0) is 10.7 Å². The fourth-order valence-electron chi connectivity index (χ4n) is 1.54. The summed E-state index contributed by atoms with van der Waals surface area (Å²) in [5.41, 5.74) is -0.646. The molecule has 4 N–H and O–H groups in total. The highest BCUT2D eigenvalue weighted by molar-refractivity contribution is 5.72. The van der Waals surface area contributed by atoms with Crippen molar-refractivity contribution in [3.8, 4) is 5.75 Å². The van der Waals surface area contributed by atoms with Crippen LogP contribution in [0.5, 0.6) is 5.75 Å². The van der Waals surface area contributed by atoms with Crippen LogP contribution in [0.15, 0.2) is 18.7 Å². The van der Waals surface area contributed by atoms with E-state index in [4.69, 9.17) is 9.84 Å². The number of hydrogen-bond donors (Lipinski definition) is 2. The lowest BCUT2D eigenvalue weighted by atomic mass is 10.0. The molecule has 0 saturated heterocycles. The van der Waals surface area contributed by atoms with Gasteiger partial charge >= 0.3 is 5.97 Å². The standard InChI is InChI=1S/C14H15F3O3.H3N/c1-4-9-6-10(14(16,17)5-2)12(7-11(9)15)20-8(3)13(18)19;/h4,6-8H,1,5H2,2-3H3,(H,18,19);1H3/t8-;/m0./s1. The molecule has 1 atom stereocenters. The molecule has 1 rings (SSSR count). The van der Waals surface area contributed by atoms with Crippen LogP contribution in [-0.4, -0.2) is 17.2 Å².